The minimum Gasteiger partial charge on any atom is -0.497 e. The Hall–Kier alpha value is -2.82. The van der Waals surface area contributed by atoms with Gasteiger partial charge in [0.15, 0.2) is 10.8 Å². The lowest BCUT2D eigenvalue weighted by molar-refractivity contribution is 0.415. The van der Waals surface area contributed by atoms with Crippen molar-refractivity contribution in [1.29, 1.82) is 0 Å². The summed E-state index contributed by atoms with van der Waals surface area (Å²) in [6.45, 7) is 0. The third kappa shape index (κ3) is 4.13. The maximum absolute atomic E-state index is 6.16. The number of thiazole rings is 1. The van der Waals surface area contributed by atoms with E-state index in [2.05, 4.69) is 6.07 Å². The fraction of sp³-hybridized carbons (Fsp3) is 0.0455. The van der Waals surface area contributed by atoms with Crippen LogP contribution in [-0.2, 0) is 0 Å². The van der Waals surface area contributed by atoms with Crippen LogP contribution >= 0.6 is 22.9 Å². The van der Waals surface area contributed by atoms with E-state index < -0.39 is 0 Å². The highest BCUT2D eigenvalue weighted by Crippen LogP contribution is 2.31. The molecule has 0 N–H and O–H groups in total. The molecule has 0 radical (unpaired) electrons. The summed E-state index contributed by atoms with van der Waals surface area (Å²) in [5.41, 5.74) is 1.96. The molecular weight excluding hydrogens is 378 g/mol. The first-order valence-electron chi connectivity index (χ1n) is 8.36. The number of hydrogen-bond donors (Lipinski definition) is 0. The van der Waals surface area contributed by atoms with Crippen molar-refractivity contribution in [3.8, 4) is 11.5 Å². The van der Waals surface area contributed by atoms with Crippen molar-refractivity contribution in [3.63, 3.8) is 0 Å². The van der Waals surface area contributed by atoms with E-state index in [0.29, 0.717) is 16.5 Å². The number of aromatic nitrogens is 1. The van der Waals surface area contributed by atoms with Crippen LogP contribution in [0.5, 0.6) is 11.5 Å². The Kier molecular flexibility index (Phi) is 5.10. The highest BCUT2D eigenvalue weighted by atomic mass is 35.5. The standard InChI is InChI=1S/C22H16ClNO2S/c1-25-17-10-6-15(7-11-17)14-20(26-18-12-8-16(23)9-13-18)22-24-19-4-2-3-5-21(19)27-22/h2-14H,1H3. The summed E-state index contributed by atoms with van der Waals surface area (Å²) >= 11 is 7.58. The number of ether oxygens (including phenoxy) is 2. The number of methoxy groups -OCH3 is 1. The maximum atomic E-state index is 6.16. The van der Waals surface area contributed by atoms with Gasteiger partial charge in [0.25, 0.3) is 0 Å². The average Bonchev–Trinajstić information content (AvgIpc) is 3.14. The van der Waals surface area contributed by atoms with Crippen LogP contribution in [-0.4, -0.2) is 12.1 Å². The number of nitrogens with zero attached hydrogens (tertiary/aromatic N) is 1. The van der Waals surface area contributed by atoms with Crippen molar-refractivity contribution >= 4 is 45.0 Å². The first-order chi connectivity index (χ1) is 13.2. The van der Waals surface area contributed by atoms with Crippen LogP contribution in [0, 0.1) is 0 Å². The van der Waals surface area contributed by atoms with Gasteiger partial charge in [0.1, 0.15) is 11.5 Å². The topological polar surface area (TPSA) is 31.4 Å². The molecule has 0 saturated carbocycles. The van der Waals surface area contributed by atoms with Gasteiger partial charge in [-0.05, 0) is 60.2 Å². The molecule has 0 bridgehead atoms. The highest BCUT2D eigenvalue weighted by molar-refractivity contribution is 7.19. The molecular formula is C22H16ClNO2S. The summed E-state index contributed by atoms with van der Waals surface area (Å²) in [4.78, 5) is 4.73. The van der Waals surface area contributed by atoms with Gasteiger partial charge in [0, 0.05) is 5.02 Å². The summed E-state index contributed by atoms with van der Waals surface area (Å²) in [5, 5.41) is 1.49. The molecule has 0 fully saturated rings. The molecule has 1 aromatic heterocycles. The normalized spacial score (nSPS) is 11.6. The number of hydrogen-bond acceptors (Lipinski definition) is 4. The number of halogens is 1. The number of benzene rings is 3. The Morgan fingerprint density at radius 2 is 1.63 bits per heavy atom. The van der Waals surface area contributed by atoms with Crippen molar-refractivity contribution < 1.29 is 9.47 Å². The third-order valence-electron chi connectivity index (χ3n) is 3.96. The number of para-hydroxylation sites is 1. The van der Waals surface area contributed by atoms with E-state index in [1.165, 1.54) is 0 Å². The van der Waals surface area contributed by atoms with Gasteiger partial charge in [-0.25, -0.2) is 4.98 Å². The predicted molar refractivity (Wildman–Crippen MR) is 113 cm³/mol. The van der Waals surface area contributed by atoms with Crippen LogP contribution in [0.25, 0.3) is 22.1 Å². The van der Waals surface area contributed by atoms with Crippen molar-refractivity contribution in [2.75, 3.05) is 7.11 Å². The van der Waals surface area contributed by atoms with E-state index in [4.69, 9.17) is 26.1 Å². The molecule has 0 atom stereocenters. The molecule has 3 aromatic carbocycles. The molecule has 0 saturated heterocycles. The van der Waals surface area contributed by atoms with Crippen molar-refractivity contribution in [3.05, 3.63) is 88.4 Å². The molecule has 0 unspecified atom stereocenters. The van der Waals surface area contributed by atoms with E-state index in [9.17, 15) is 0 Å². The van der Waals surface area contributed by atoms with E-state index in [1.54, 1.807) is 30.6 Å². The number of fused-ring (bicyclic) bond motifs is 1. The number of rotatable bonds is 5. The van der Waals surface area contributed by atoms with Crippen LogP contribution in [0.1, 0.15) is 10.6 Å². The summed E-state index contributed by atoms with van der Waals surface area (Å²) in [7, 11) is 1.65. The zero-order valence-electron chi connectivity index (χ0n) is 14.6. The average molecular weight is 394 g/mol. The fourth-order valence-corrected chi connectivity index (χ4v) is 3.64. The Morgan fingerprint density at radius 1 is 0.926 bits per heavy atom. The molecule has 3 nitrogen and oxygen atoms in total. The Labute approximate surface area is 166 Å². The van der Waals surface area contributed by atoms with Crippen LogP contribution in [0.4, 0.5) is 0 Å². The van der Waals surface area contributed by atoms with Gasteiger partial charge in [-0.2, -0.15) is 0 Å². The largest absolute Gasteiger partial charge is 0.497 e. The SMILES string of the molecule is COc1ccc(C=C(Oc2ccc(Cl)cc2)c2nc3ccccc3s2)cc1. The molecule has 0 spiro atoms. The first-order valence-corrected chi connectivity index (χ1v) is 9.56. The maximum Gasteiger partial charge on any atom is 0.163 e. The Balaban J connectivity index is 1.75. The van der Waals surface area contributed by atoms with E-state index in [1.807, 2.05) is 60.7 Å². The quantitative estimate of drug-likeness (QED) is 0.361. The van der Waals surface area contributed by atoms with E-state index in [0.717, 1.165) is 26.5 Å². The summed E-state index contributed by atoms with van der Waals surface area (Å²) in [5.74, 6) is 2.20. The molecule has 0 amide bonds. The van der Waals surface area contributed by atoms with Gasteiger partial charge in [0.2, 0.25) is 0 Å². The lowest BCUT2D eigenvalue weighted by Gasteiger charge is -2.08. The second-order valence-corrected chi connectivity index (χ2v) is 7.29. The van der Waals surface area contributed by atoms with Crippen molar-refractivity contribution in [2.24, 2.45) is 0 Å². The van der Waals surface area contributed by atoms with Crippen LogP contribution in [0.15, 0.2) is 72.8 Å². The van der Waals surface area contributed by atoms with Gasteiger partial charge in [0.05, 0.1) is 17.3 Å². The molecule has 4 rings (SSSR count). The molecule has 0 aliphatic heterocycles. The van der Waals surface area contributed by atoms with Gasteiger partial charge < -0.3 is 9.47 Å². The van der Waals surface area contributed by atoms with Crippen LogP contribution < -0.4 is 9.47 Å². The minimum absolute atomic E-state index is 0.669. The zero-order chi connectivity index (χ0) is 18.6. The monoisotopic (exact) mass is 393 g/mol. The summed E-state index contributed by atoms with van der Waals surface area (Å²) in [6, 6.07) is 23.2. The molecule has 134 valence electrons. The molecule has 5 heteroatoms. The van der Waals surface area contributed by atoms with Crippen molar-refractivity contribution in [2.45, 2.75) is 0 Å². The lowest BCUT2D eigenvalue weighted by Crippen LogP contribution is -1.95. The smallest absolute Gasteiger partial charge is 0.163 e. The second kappa shape index (κ2) is 7.82. The van der Waals surface area contributed by atoms with Gasteiger partial charge >= 0.3 is 0 Å². The van der Waals surface area contributed by atoms with Crippen LogP contribution in [0.3, 0.4) is 0 Å². The molecule has 0 aliphatic carbocycles. The van der Waals surface area contributed by atoms with E-state index in [-0.39, 0.29) is 0 Å². The van der Waals surface area contributed by atoms with Gasteiger partial charge in [-0.1, -0.05) is 35.9 Å². The van der Waals surface area contributed by atoms with Crippen molar-refractivity contribution in [1.82, 2.24) is 4.98 Å². The zero-order valence-corrected chi connectivity index (χ0v) is 16.1. The minimum atomic E-state index is 0.669. The Morgan fingerprint density at radius 3 is 2.33 bits per heavy atom. The summed E-state index contributed by atoms with van der Waals surface area (Å²) in [6.07, 6.45) is 1.98. The fourth-order valence-electron chi connectivity index (χ4n) is 2.59. The first kappa shape index (κ1) is 17.6. The van der Waals surface area contributed by atoms with E-state index >= 15 is 0 Å². The molecule has 4 aromatic rings. The van der Waals surface area contributed by atoms with Gasteiger partial charge in [-0.15, -0.1) is 11.3 Å². The highest BCUT2D eigenvalue weighted by Gasteiger charge is 2.12. The molecule has 0 aliphatic rings. The Bertz CT molecular complexity index is 1050. The predicted octanol–water partition coefficient (Wildman–Crippen LogP) is 6.54. The van der Waals surface area contributed by atoms with Crippen LogP contribution in [0.2, 0.25) is 5.02 Å². The lowest BCUT2D eigenvalue weighted by atomic mass is 10.2. The molecule has 27 heavy (non-hydrogen) atoms. The third-order valence-corrected chi connectivity index (χ3v) is 5.26. The second-order valence-electron chi connectivity index (χ2n) is 5.82. The molecule has 1 heterocycles. The summed E-state index contributed by atoms with van der Waals surface area (Å²) < 4.78 is 12.5. The van der Waals surface area contributed by atoms with Gasteiger partial charge in [-0.3, -0.25) is 0 Å².